The molecule has 0 bridgehead atoms. The summed E-state index contributed by atoms with van der Waals surface area (Å²) in [6, 6.07) is 4.35. The van der Waals surface area contributed by atoms with Gasteiger partial charge in [0.1, 0.15) is 11.6 Å². The highest BCUT2D eigenvalue weighted by molar-refractivity contribution is 9.11. The molecule has 1 aromatic carbocycles. The van der Waals surface area contributed by atoms with Crippen molar-refractivity contribution in [1.82, 2.24) is 15.3 Å². The van der Waals surface area contributed by atoms with Crippen molar-refractivity contribution in [2.75, 3.05) is 7.11 Å². The summed E-state index contributed by atoms with van der Waals surface area (Å²) < 4.78 is 7.19. The molecular weight excluding hydrogens is 386 g/mol. The molecule has 0 spiro atoms. The third-order valence-corrected chi connectivity index (χ3v) is 4.25. The van der Waals surface area contributed by atoms with Crippen molar-refractivity contribution in [3.8, 4) is 5.75 Å². The number of halogens is 2. The summed E-state index contributed by atoms with van der Waals surface area (Å²) in [5, 5.41) is 3.50. The lowest BCUT2D eigenvalue weighted by Crippen LogP contribution is -2.21. The van der Waals surface area contributed by atoms with Crippen molar-refractivity contribution in [3.63, 3.8) is 0 Å². The smallest absolute Gasteiger partial charge is 0.147 e. The van der Waals surface area contributed by atoms with Crippen LogP contribution < -0.4 is 10.1 Å². The van der Waals surface area contributed by atoms with E-state index in [2.05, 4.69) is 66.2 Å². The van der Waals surface area contributed by atoms with Crippen LogP contribution in [0.5, 0.6) is 5.75 Å². The molecule has 0 saturated heterocycles. The molecule has 1 atom stereocenters. The van der Waals surface area contributed by atoms with Crippen LogP contribution in [0.25, 0.3) is 0 Å². The van der Waals surface area contributed by atoms with Gasteiger partial charge in [0.15, 0.2) is 0 Å². The second-order valence-corrected chi connectivity index (χ2v) is 6.12. The van der Waals surface area contributed by atoms with E-state index in [9.17, 15) is 0 Å². The minimum absolute atomic E-state index is 0.227. The van der Waals surface area contributed by atoms with E-state index in [1.165, 1.54) is 5.56 Å². The molecule has 1 aromatic heterocycles. The van der Waals surface area contributed by atoms with Crippen LogP contribution in [-0.4, -0.2) is 17.1 Å². The van der Waals surface area contributed by atoms with E-state index >= 15 is 0 Å². The van der Waals surface area contributed by atoms with Crippen LogP contribution in [0.4, 0.5) is 0 Å². The summed E-state index contributed by atoms with van der Waals surface area (Å²) in [5.41, 5.74) is 1.18. The van der Waals surface area contributed by atoms with E-state index in [0.717, 1.165) is 33.5 Å². The number of aromatic nitrogens is 2. The fourth-order valence-corrected chi connectivity index (χ4v) is 3.66. The average molecular weight is 403 g/mol. The molecule has 0 aliphatic heterocycles. The van der Waals surface area contributed by atoms with Crippen LogP contribution in [0, 0.1) is 0 Å². The van der Waals surface area contributed by atoms with Crippen molar-refractivity contribution in [3.05, 3.63) is 44.9 Å². The molecule has 1 unspecified atom stereocenters. The first kappa shape index (κ1) is 15.5. The minimum atomic E-state index is 0.227. The zero-order valence-corrected chi connectivity index (χ0v) is 14.6. The number of imidazole rings is 1. The molecular formula is C14H17Br2N3O. The van der Waals surface area contributed by atoms with Gasteiger partial charge in [-0.3, -0.25) is 0 Å². The molecule has 20 heavy (non-hydrogen) atoms. The van der Waals surface area contributed by atoms with E-state index in [0.29, 0.717) is 0 Å². The van der Waals surface area contributed by atoms with Crippen molar-refractivity contribution >= 4 is 31.9 Å². The maximum Gasteiger partial charge on any atom is 0.147 e. The first-order valence-electron chi connectivity index (χ1n) is 6.40. The third kappa shape index (κ3) is 3.62. The van der Waals surface area contributed by atoms with E-state index in [-0.39, 0.29) is 6.04 Å². The normalized spacial score (nSPS) is 12.4. The van der Waals surface area contributed by atoms with Crippen molar-refractivity contribution in [1.29, 1.82) is 0 Å². The highest BCUT2D eigenvalue weighted by Gasteiger charge is 2.12. The van der Waals surface area contributed by atoms with Crippen molar-refractivity contribution in [2.45, 2.75) is 25.9 Å². The Morgan fingerprint density at radius 3 is 2.55 bits per heavy atom. The van der Waals surface area contributed by atoms with Crippen LogP contribution in [0.1, 0.15) is 30.8 Å². The number of ether oxygens (including phenoxy) is 1. The van der Waals surface area contributed by atoms with Gasteiger partial charge in [0.05, 0.1) is 22.1 Å². The van der Waals surface area contributed by atoms with Crippen LogP contribution in [0.2, 0.25) is 0 Å². The number of benzene rings is 1. The minimum Gasteiger partial charge on any atom is -0.494 e. The molecule has 0 amide bonds. The number of rotatable bonds is 6. The first-order chi connectivity index (χ1) is 9.65. The molecule has 0 aliphatic carbocycles. The number of aromatic amines is 1. The summed E-state index contributed by atoms with van der Waals surface area (Å²) in [7, 11) is 1.66. The third-order valence-electron chi connectivity index (χ3n) is 3.07. The van der Waals surface area contributed by atoms with Gasteiger partial charge in [0.25, 0.3) is 0 Å². The Bertz CT molecular complexity index is 535. The summed E-state index contributed by atoms with van der Waals surface area (Å²) in [6.45, 7) is 2.90. The summed E-state index contributed by atoms with van der Waals surface area (Å²) in [5.74, 6) is 1.78. The Labute approximate surface area is 135 Å². The van der Waals surface area contributed by atoms with Crippen molar-refractivity contribution < 1.29 is 4.74 Å². The maximum atomic E-state index is 5.31. The second kappa shape index (κ2) is 7.24. The van der Waals surface area contributed by atoms with Gasteiger partial charge in [0, 0.05) is 18.9 Å². The Morgan fingerprint density at radius 2 is 2.05 bits per heavy atom. The number of hydrogen-bond acceptors (Lipinski definition) is 3. The Kier molecular flexibility index (Phi) is 5.63. The highest BCUT2D eigenvalue weighted by Crippen LogP contribution is 2.34. The molecule has 0 radical (unpaired) electrons. The van der Waals surface area contributed by atoms with E-state index in [4.69, 9.17) is 4.74 Å². The Morgan fingerprint density at radius 1 is 1.35 bits per heavy atom. The fourth-order valence-electron chi connectivity index (χ4n) is 2.05. The van der Waals surface area contributed by atoms with Gasteiger partial charge in [-0.05, 0) is 56.0 Å². The predicted octanol–water partition coefficient (Wildman–Crippen LogP) is 4.18. The molecule has 2 aromatic rings. The highest BCUT2D eigenvalue weighted by atomic mass is 79.9. The standard InChI is InChI=1S/C14H17Br2N3O/c1-3-12(14-17-4-5-18-14)19-8-9-6-10(15)13(20-2)11(16)7-9/h4-7,12,19H,3,8H2,1-2H3,(H,17,18). The van der Waals surface area contributed by atoms with Gasteiger partial charge in [-0.2, -0.15) is 0 Å². The molecule has 2 N–H and O–H groups in total. The van der Waals surface area contributed by atoms with E-state index in [1.54, 1.807) is 13.3 Å². The van der Waals surface area contributed by atoms with Crippen molar-refractivity contribution in [2.24, 2.45) is 0 Å². The molecule has 108 valence electrons. The molecule has 2 rings (SSSR count). The van der Waals surface area contributed by atoms with Gasteiger partial charge in [-0.25, -0.2) is 4.98 Å². The molecule has 1 heterocycles. The fraction of sp³-hybridized carbons (Fsp3) is 0.357. The van der Waals surface area contributed by atoms with Gasteiger partial charge in [0.2, 0.25) is 0 Å². The molecule has 6 heteroatoms. The summed E-state index contributed by atoms with van der Waals surface area (Å²) in [4.78, 5) is 7.46. The zero-order chi connectivity index (χ0) is 14.5. The number of nitrogens with zero attached hydrogens (tertiary/aromatic N) is 1. The SMILES string of the molecule is CCC(NCc1cc(Br)c(OC)c(Br)c1)c1ncc[nH]1. The van der Waals surface area contributed by atoms with Crippen LogP contribution in [0.3, 0.4) is 0 Å². The summed E-state index contributed by atoms with van der Waals surface area (Å²) in [6.07, 6.45) is 4.60. The lowest BCUT2D eigenvalue weighted by Gasteiger charge is -2.16. The van der Waals surface area contributed by atoms with E-state index < -0.39 is 0 Å². The van der Waals surface area contributed by atoms with Gasteiger partial charge >= 0.3 is 0 Å². The predicted molar refractivity (Wildman–Crippen MR) is 86.9 cm³/mol. The number of H-pyrrole nitrogens is 1. The van der Waals surface area contributed by atoms with Gasteiger partial charge < -0.3 is 15.0 Å². The monoisotopic (exact) mass is 401 g/mol. The zero-order valence-electron chi connectivity index (χ0n) is 11.4. The second-order valence-electron chi connectivity index (χ2n) is 4.41. The Hall–Kier alpha value is -0.850. The molecule has 0 saturated carbocycles. The summed E-state index contributed by atoms with van der Waals surface area (Å²) >= 11 is 7.04. The molecule has 0 aliphatic rings. The topological polar surface area (TPSA) is 49.9 Å². The first-order valence-corrected chi connectivity index (χ1v) is 7.98. The van der Waals surface area contributed by atoms with Gasteiger partial charge in [-0.15, -0.1) is 0 Å². The van der Waals surface area contributed by atoms with Crippen LogP contribution >= 0.6 is 31.9 Å². The number of nitrogens with one attached hydrogen (secondary N) is 2. The van der Waals surface area contributed by atoms with Gasteiger partial charge in [-0.1, -0.05) is 6.92 Å². The maximum absolute atomic E-state index is 5.31. The molecule has 4 nitrogen and oxygen atoms in total. The van der Waals surface area contributed by atoms with Crippen LogP contribution in [0.15, 0.2) is 33.5 Å². The largest absolute Gasteiger partial charge is 0.494 e. The van der Waals surface area contributed by atoms with E-state index in [1.807, 2.05) is 6.20 Å². The number of hydrogen-bond donors (Lipinski definition) is 2. The number of methoxy groups -OCH3 is 1. The molecule has 0 fully saturated rings. The average Bonchev–Trinajstić information content (AvgIpc) is 2.93. The Balaban J connectivity index is 2.07. The lowest BCUT2D eigenvalue weighted by atomic mass is 10.1. The van der Waals surface area contributed by atoms with Crippen LogP contribution in [-0.2, 0) is 6.54 Å². The lowest BCUT2D eigenvalue weighted by molar-refractivity contribution is 0.409. The quantitative estimate of drug-likeness (QED) is 0.761.